The number of nitrogens with zero attached hydrogens (tertiary/aromatic N) is 1. The molecule has 1 aliphatic carbocycles. The number of Topliss-reactive ketones (excluding diaryl/α,β-unsaturated/α-hetero) is 1. The minimum Gasteiger partial charge on any atom is -0.469 e. The van der Waals surface area contributed by atoms with E-state index in [4.69, 9.17) is 19.6 Å². The molecule has 5 rings (SSSR count). The van der Waals surface area contributed by atoms with Gasteiger partial charge < -0.3 is 24.5 Å². The quantitative estimate of drug-likeness (QED) is 0.678. The Kier molecular flexibility index (Phi) is 5.31. The van der Waals surface area contributed by atoms with Gasteiger partial charge in [-0.25, -0.2) is 4.79 Å². The van der Waals surface area contributed by atoms with E-state index in [0.29, 0.717) is 42.2 Å². The maximum absolute atomic E-state index is 14.3. The topological polar surface area (TPSA) is 112 Å². The fourth-order valence-electron chi connectivity index (χ4n) is 5.45. The van der Waals surface area contributed by atoms with Crippen molar-refractivity contribution in [1.82, 2.24) is 0 Å². The average Bonchev–Trinajstić information content (AvgIpc) is 3.42. The fraction of sp³-hybridized carbons (Fsp3) is 0.346. The molecule has 1 aromatic carbocycles. The number of nitrogens with two attached hydrogens (primary N) is 1. The zero-order valence-electron chi connectivity index (χ0n) is 19.1. The van der Waals surface area contributed by atoms with E-state index in [1.165, 1.54) is 0 Å². The summed E-state index contributed by atoms with van der Waals surface area (Å²) in [7, 11) is 0. The van der Waals surface area contributed by atoms with Gasteiger partial charge in [-0.1, -0.05) is 25.1 Å². The van der Waals surface area contributed by atoms with Gasteiger partial charge in [0.15, 0.2) is 5.78 Å². The highest BCUT2D eigenvalue weighted by atomic mass is 16.5. The van der Waals surface area contributed by atoms with Crippen LogP contribution in [0.5, 0.6) is 0 Å². The van der Waals surface area contributed by atoms with Gasteiger partial charge in [-0.3, -0.25) is 9.59 Å². The Bertz CT molecular complexity index is 1240. The average molecular weight is 463 g/mol. The van der Waals surface area contributed by atoms with Crippen molar-refractivity contribution in [3.8, 4) is 0 Å². The van der Waals surface area contributed by atoms with Crippen molar-refractivity contribution in [2.24, 2.45) is 5.73 Å². The van der Waals surface area contributed by atoms with Crippen LogP contribution >= 0.6 is 0 Å². The molecule has 2 aliphatic heterocycles. The number of ketones is 1. The molecule has 0 bridgehead atoms. The first kappa shape index (κ1) is 22.0. The number of rotatable bonds is 5. The zero-order valence-corrected chi connectivity index (χ0v) is 19.1. The van der Waals surface area contributed by atoms with Gasteiger partial charge in [-0.15, -0.1) is 0 Å². The summed E-state index contributed by atoms with van der Waals surface area (Å²) in [6.07, 6.45) is 2.69. The molecule has 0 saturated carbocycles. The molecule has 34 heavy (non-hydrogen) atoms. The molecule has 2 aromatic rings. The lowest BCUT2D eigenvalue weighted by Crippen LogP contribution is -2.51. The van der Waals surface area contributed by atoms with Crippen LogP contribution in [0, 0.1) is 0 Å². The Morgan fingerprint density at radius 2 is 1.97 bits per heavy atom. The number of amides is 1. The summed E-state index contributed by atoms with van der Waals surface area (Å²) in [6, 6.07) is 10.8. The smallest absolute Gasteiger partial charge is 0.341 e. The molecule has 1 spiro atoms. The molecule has 8 nitrogen and oxygen atoms in total. The summed E-state index contributed by atoms with van der Waals surface area (Å²) in [6.45, 7) is 4.15. The molecule has 1 aromatic heterocycles. The van der Waals surface area contributed by atoms with Crippen LogP contribution < -0.4 is 10.6 Å². The number of ether oxygens (including phenoxy) is 2. The van der Waals surface area contributed by atoms with Crippen molar-refractivity contribution in [1.29, 1.82) is 0 Å². The van der Waals surface area contributed by atoms with Crippen molar-refractivity contribution < 1.29 is 28.3 Å². The highest BCUT2D eigenvalue weighted by Crippen LogP contribution is 2.57. The molecular weight excluding hydrogens is 436 g/mol. The van der Waals surface area contributed by atoms with Crippen molar-refractivity contribution >= 4 is 23.3 Å². The maximum atomic E-state index is 14.3. The molecule has 1 amide bonds. The Hall–Kier alpha value is -3.81. The van der Waals surface area contributed by atoms with E-state index in [9.17, 15) is 14.4 Å². The van der Waals surface area contributed by atoms with Gasteiger partial charge in [-0.05, 0) is 31.5 Å². The van der Waals surface area contributed by atoms with E-state index in [1.54, 1.807) is 36.3 Å². The second kappa shape index (κ2) is 8.20. The largest absolute Gasteiger partial charge is 0.469 e. The minimum absolute atomic E-state index is 0.0840. The standard InChI is InChI=1S/C26H26N2O6/c1-3-11-28-17-9-6-5-8-16(17)26(25(28)31)21-18(29)13-15(19-10-7-12-33-19)14-20(21)34-23(27)22(26)24(30)32-4-2/h5-10,12,15H,3-4,11,13-14,27H2,1-2H3/t15-,26+/m1/s1. The summed E-state index contributed by atoms with van der Waals surface area (Å²) in [5, 5.41) is 0. The fourth-order valence-corrected chi connectivity index (χ4v) is 5.45. The van der Waals surface area contributed by atoms with Gasteiger partial charge in [-0.2, -0.15) is 0 Å². The molecule has 3 heterocycles. The number of benzene rings is 1. The summed E-state index contributed by atoms with van der Waals surface area (Å²) in [5.74, 6) is -0.957. The van der Waals surface area contributed by atoms with Crippen LogP contribution in [-0.2, 0) is 29.3 Å². The number of hydrogen-bond donors (Lipinski definition) is 1. The molecule has 0 unspecified atom stereocenters. The molecule has 0 saturated heterocycles. The predicted octanol–water partition coefficient (Wildman–Crippen LogP) is 3.44. The number of carbonyl (C=O) groups excluding carboxylic acids is 3. The van der Waals surface area contributed by atoms with Crippen molar-refractivity contribution in [2.75, 3.05) is 18.1 Å². The van der Waals surface area contributed by atoms with Crippen molar-refractivity contribution in [2.45, 2.75) is 44.4 Å². The second-order valence-electron chi connectivity index (χ2n) is 8.63. The SMILES string of the molecule is CCCN1C(=O)[C@@]2(C(C(=O)OCC)=C(N)OC3=C2C(=O)C[C@@H](c2ccco2)C3)c2ccccc21. The third-order valence-electron chi connectivity index (χ3n) is 6.69. The summed E-state index contributed by atoms with van der Waals surface area (Å²) in [4.78, 5) is 42.9. The first-order chi connectivity index (χ1) is 16.4. The first-order valence-corrected chi connectivity index (χ1v) is 11.5. The Morgan fingerprint density at radius 3 is 2.68 bits per heavy atom. The molecule has 8 heteroatoms. The molecule has 2 N–H and O–H groups in total. The van der Waals surface area contributed by atoms with Crippen LogP contribution in [0.3, 0.4) is 0 Å². The molecular formula is C26H26N2O6. The molecule has 0 fully saturated rings. The number of fused-ring (bicyclic) bond motifs is 3. The molecule has 176 valence electrons. The van der Waals surface area contributed by atoms with Crippen LogP contribution in [0.4, 0.5) is 5.69 Å². The summed E-state index contributed by atoms with van der Waals surface area (Å²) >= 11 is 0. The number of carbonyl (C=O) groups is 3. The highest BCUT2D eigenvalue weighted by Gasteiger charge is 2.64. The third-order valence-corrected chi connectivity index (χ3v) is 6.69. The van der Waals surface area contributed by atoms with Gasteiger partial charge in [0.05, 0.1) is 18.4 Å². The summed E-state index contributed by atoms with van der Waals surface area (Å²) < 4.78 is 16.8. The lowest BCUT2D eigenvalue weighted by Gasteiger charge is -2.40. The van der Waals surface area contributed by atoms with Crippen LogP contribution in [0.15, 0.2) is 69.9 Å². The van der Waals surface area contributed by atoms with Crippen LogP contribution in [0.25, 0.3) is 0 Å². The number of hydrogen-bond acceptors (Lipinski definition) is 7. The van der Waals surface area contributed by atoms with Crippen molar-refractivity contribution in [3.63, 3.8) is 0 Å². The van der Waals surface area contributed by atoms with Crippen LogP contribution in [0.1, 0.15) is 50.4 Å². The monoisotopic (exact) mass is 462 g/mol. The number of anilines is 1. The highest BCUT2D eigenvalue weighted by molar-refractivity contribution is 6.23. The minimum atomic E-state index is -1.71. The van der Waals surface area contributed by atoms with E-state index in [-0.39, 0.29) is 47.7 Å². The molecule has 0 radical (unpaired) electrons. The van der Waals surface area contributed by atoms with Gasteiger partial charge in [0, 0.05) is 36.6 Å². The van der Waals surface area contributed by atoms with E-state index >= 15 is 0 Å². The van der Waals surface area contributed by atoms with Crippen molar-refractivity contribution in [3.05, 3.63) is 76.8 Å². The van der Waals surface area contributed by atoms with E-state index in [1.807, 2.05) is 25.1 Å². The number of allylic oxidation sites excluding steroid dienone is 1. The third kappa shape index (κ3) is 2.94. The number of esters is 1. The maximum Gasteiger partial charge on any atom is 0.341 e. The zero-order chi connectivity index (χ0) is 24.0. The van der Waals surface area contributed by atoms with Gasteiger partial charge >= 0.3 is 5.97 Å². The van der Waals surface area contributed by atoms with Crippen LogP contribution in [-0.4, -0.2) is 30.8 Å². The van der Waals surface area contributed by atoms with Gasteiger partial charge in [0.1, 0.15) is 22.5 Å². The van der Waals surface area contributed by atoms with Crippen LogP contribution in [0.2, 0.25) is 0 Å². The van der Waals surface area contributed by atoms with Gasteiger partial charge in [0.2, 0.25) is 11.8 Å². The van der Waals surface area contributed by atoms with Gasteiger partial charge in [0.25, 0.3) is 0 Å². The molecule has 3 aliphatic rings. The molecule has 2 atom stereocenters. The number of furan rings is 1. The van der Waals surface area contributed by atoms with E-state index in [2.05, 4.69) is 0 Å². The van der Waals surface area contributed by atoms with E-state index in [0.717, 1.165) is 0 Å². The Balaban J connectivity index is 1.77. The second-order valence-corrected chi connectivity index (χ2v) is 8.63. The lowest BCUT2D eigenvalue weighted by atomic mass is 9.63. The summed E-state index contributed by atoms with van der Waals surface area (Å²) in [5.41, 5.74) is 5.86. The normalized spacial score (nSPS) is 23.8. The first-order valence-electron chi connectivity index (χ1n) is 11.5. The predicted molar refractivity (Wildman–Crippen MR) is 122 cm³/mol. The number of para-hydroxylation sites is 1. The van der Waals surface area contributed by atoms with E-state index < -0.39 is 11.4 Å². The Labute approximate surface area is 197 Å². The lowest BCUT2D eigenvalue weighted by molar-refractivity contribution is -0.141. The Morgan fingerprint density at radius 1 is 1.18 bits per heavy atom.